The van der Waals surface area contributed by atoms with Crippen LogP contribution in [0, 0.1) is 16.0 Å². The third kappa shape index (κ3) is 2.66. The molecule has 0 amide bonds. The van der Waals surface area contributed by atoms with Gasteiger partial charge < -0.3 is 5.11 Å². The third-order valence-electron chi connectivity index (χ3n) is 3.33. The normalized spacial score (nSPS) is 26.3. The predicted molar refractivity (Wildman–Crippen MR) is 58.3 cm³/mol. The number of nitrogens with zero attached hydrogens (tertiary/aromatic N) is 1. The largest absolute Gasteiger partial charge is 0.385 e. The topological polar surface area (TPSA) is 80.4 Å². The number of hydrogen-bond acceptors (Lipinski definition) is 4. The number of carbonyl (C=O) groups is 1. The van der Waals surface area contributed by atoms with Crippen molar-refractivity contribution in [3.8, 4) is 0 Å². The maximum atomic E-state index is 11.7. The fourth-order valence-corrected chi connectivity index (χ4v) is 2.14. The summed E-state index contributed by atoms with van der Waals surface area (Å²) in [7, 11) is 0. The molecule has 1 N–H and O–H groups in total. The van der Waals surface area contributed by atoms with Gasteiger partial charge in [-0.15, -0.1) is 0 Å². The first-order valence-electron chi connectivity index (χ1n) is 5.43. The van der Waals surface area contributed by atoms with Crippen molar-refractivity contribution < 1.29 is 14.8 Å². The van der Waals surface area contributed by atoms with Crippen LogP contribution in [0.15, 0.2) is 11.8 Å². The van der Waals surface area contributed by atoms with Crippen LogP contribution < -0.4 is 0 Å². The van der Waals surface area contributed by atoms with E-state index in [2.05, 4.69) is 0 Å². The van der Waals surface area contributed by atoms with Crippen LogP contribution in [0.3, 0.4) is 0 Å². The number of hydrogen-bond donors (Lipinski definition) is 1. The summed E-state index contributed by atoms with van der Waals surface area (Å²) in [6.07, 6.45) is 3.59. The average molecular weight is 227 g/mol. The van der Waals surface area contributed by atoms with Crippen LogP contribution in [0.2, 0.25) is 0 Å². The summed E-state index contributed by atoms with van der Waals surface area (Å²) in [6, 6.07) is 0. The summed E-state index contributed by atoms with van der Waals surface area (Å²) in [5.41, 5.74) is -1.16. The maximum Gasteiger partial charge on any atom is 0.236 e. The molecule has 1 aliphatic rings. The first kappa shape index (κ1) is 12.8. The van der Waals surface area contributed by atoms with Gasteiger partial charge in [0.25, 0.3) is 0 Å². The molecule has 0 unspecified atom stereocenters. The molecular weight excluding hydrogens is 210 g/mol. The standard InChI is InChI=1S/C11H17NO4/c1-8(7-12(15)16)11(2,14)9-5-3-4-6-10(9)13/h7,9,14H,3-6H2,1-2H3/b8-7+/t9-,11+/m1/s1. The molecule has 90 valence electrons. The van der Waals surface area contributed by atoms with Gasteiger partial charge in [-0.1, -0.05) is 6.42 Å². The molecule has 0 aromatic rings. The van der Waals surface area contributed by atoms with E-state index >= 15 is 0 Å². The lowest BCUT2D eigenvalue weighted by molar-refractivity contribution is -0.404. The average Bonchev–Trinajstić information content (AvgIpc) is 2.16. The van der Waals surface area contributed by atoms with Gasteiger partial charge in [-0.25, -0.2) is 0 Å². The Morgan fingerprint density at radius 2 is 2.25 bits per heavy atom. The van der Waals surface area contributed by atoms with Crippen molar-refractivity contribution in [3.05, 3.63) is 21.9 Å². The first-order valence-corrected chi connectivity index (χ1v) is 5.43. The van der Waals surface area contributed by atoms with Crippen molar-refractivity contribution in [3.63, 3.8) is 0 Å². The molecule has 1 fully saturated rings. The smallest absolute Gasteiger partial charge is 0.236 e. The number of aliphatic hydroxyl groups is 1. The number of Topliss-reactive ketones (excluding diaryl/α,β-unsaturated/α-hetero) is 1. The van der Waals surface area contributed by atoms with Gasteiger partial charge in [0.1, 0.15) is 5.78 Å². The Hall–Kier alpha value is -1.23. The van der Waals surface area contributed by atoms with Crippen molar-refractivity contribution in [2.45, 2.75) is 45.1 Å². The summed E-state index contributed by atoms with van der Waals surface area (Å²) >= 11 is 0. The highest BCUT2D eigenvalue weighted by Crippen LogP contribution is 2.34. The lowest BCUT2D eigenvalue weighted by atomic mass is 9.74. The fraction of sp³-hybridized carbons (Fsp3) is 0.727. The van der Waals surface area contributed by atoms with Gasteiger partial charge in [-0.2, -0.15) is 0 Å². The zero-order valence-electron chi connectivity index (χ0n) is 9.60. The van der Waals surface area contributed by atoms with Crippen LogP contribution in [0.5, 0.6) is 0 Å². The molecule has 2 atom stereocenters. The first-order chi connectivity index (χ1) is 7.35. The van der Waals surface area contributed by atoms with Gasteiger partial charge in [0.15, 0.2) is 0 Å². The Bertz CT molecular complexity index is 333. The van der Waals surface area contributed by atoms with Crippen LogP contribution in [0.1, 0.15) is 39.5 Å². The van der Waals surface area contributed by atoms with E-state index in [4.69, 9.17) is 0 Å². The Balaban J connectivity index is 2.90. The van der Waals surface area contributed by atoms with Crippen LogP contribution in [-0.4, -0.2) is 21.4 Å². The molecule has 0 aliphatic heterocycles. The highest BCUT2D eigenvalue weighted by molar-refractivity contribution is 5.83. The van der Waals surface area contributed by atoms with E-state index in [1.165, 1.54) is 13.8 Å². The third-order valence-corrected chi connectivity index (χ3v) is 3.33. The number of nitro groups is 1. The Labute approximate surface area is 94.3 Å². The van der Waals surface area contributed by atoms with Gasteiger partial charge >= 0.3 is 0 Å². The molecule has 5 nitrogen and oxygen atoms in total. The predicted octanol–water partition coefficient (Wildman–Crippen LogP) is 1.68. The van der Waals surface area contributed by atoms with E-state index in [-0.39, 0.29) is 11.4 Å². The fourth-order valence-electron chi connectivity index (χ4n) is 2.14. The molecule has 16 heavy (non-hydrogen) atoms. The molecule has 0 saturated heterocycles. The molecule has 0 aromatic heterocycles. The minimum atomic E-state index is -1.40. The monoisotopic (exact) mass is 227 g/mol. The zero-order valence-corrected chi connectivity index (χ0v) is 9.60. The van der Waals surface area contributed by atoms with E-state index in [1.54, 1.807) is 0 Å². The SMILES string of the molecule is C/C(=C\[N+](=O)[O-])[C@](C)(O)[C@@H]1CCCCC1=O. The Morgan fingerprint density at radius 3 is 2.75 bits per heavy atom. The second-order valence-electron chi connectivity index (χ2n) is 4.51. The molecule has 0 spiro atoms. The highest BCUT2D eigenvalue weighted by atomic mass is 16.6. The maximum absolute atomic E-state index is 11.7. The van der Waals surface area contributed by atoms with Gasteiger partial charge in [-0.05, 0) is 26.7 Å². The summed E-state index contributed by atoms with van der Waals surface area (Å²) in [5.74, 6) is -0.496. The Morgan fingerprint density at radius 1 is 1.62 bits per heavy atom. The summed E-state index contributed by atoms with van der Waals surface area (Å²) in [5, 5.41) is 20.6. The van der Waals surface area contributed by atoms with Gasteiger partial charge in [-0.3, -0.25) is 14.9 Å². The molecule has 0 aromatic carbocycles. The van der Waals surface area contributed by atoms with E-state index in [0.717, 1.165) is 19.0 Å². The lowest BCUT2D eigenvalue weighted by Crippen LogP contribution is -2.42. The molecule has 1 aliphatic carbocycles. The molecular formula is C11H17NO4. The van der Waals surface area contributed by atoms with Crippen LogP contribution >= 0.6 is 0 Å². The quantitative estimate of drug-likeness (QED) is 0.587. The summed E-state index contributed by atoms with van der Waals surface area (Å²) in [6.45, 7) is 2.97. The van der Waals surface area contributed by atoms with Crippen molar-refractivity contribution in [2.75, 3.05) is 0 Å². The second-order valence-corrected chi connectivity index (χ2v) is 4.51. The van der Waals surface area contributed by atoms with Gasteiger partial charge in [0.2, 0.25) is 6.20 Å². The molecule has 1 rings (SSSR count). The number of ketones is 1. The second kappa shape index (κ2) is 4.74. The van der Waals surface area contributed by atoms with Crippen LogP contribution in [-0.2, 0) is 4.79 Å². The molecule has 0 heterocycles. The summed E-state index contributed by atoms with van der Waals surface area (Å²) < 4.78 is 0. The van der Waals surface area contributed by atoms with E-state index in [1.807, 2.05) is 0 Å². The van der Waals surface area contributed by atoms with Crippen molar-refractivity contribution in [1.82, 2.24) is 0 Å². The summed E-state index contributed by atoms with van der Waals surface area (Å²) in [4.78, 5) is 21.4. The molecule has 1 saturated carbocycles. The van der Waals surface area contributed by atoms with Gasteiger partial charge in [0.05, 0.1) is 16.4 Å². The van der Waals surface area contributed by atoms with E-state index < -0.39 is 16.4 Å². The van der Waals surface area contributed by atoms with E-state index in [0.29, 0.717) is 12.8 Å². The van der Waals surface area contributed by atoms with Crippen molar-refractivity contribution in [2.24, 2.45) is 5.92 Å². The Kier molecular flexibility index (Phi) is 3.80. The van der Waals surface area contributed by atoms with Gasteiger partial charge in [0, 0.05) is 12.0 Å². The minimum absolute atomic E-state index is 0.00680. The van der Waals surface area contributed by atoms with Crippen molar-refractivity contribution in [1.29, 1.82) is 0 Å². The lowest BCUT2D eigenvalue weighted by Gasteiger charge is -2.34. The zero-order chi connectivity index (χ0) is 12.3. The molecule has 0 radical (unpaired) electrons. The number of rotatable bonds is 3. The van der Waals surface area contributed by atoms with Crippen LogP contribution in [0.4, 0.5) is 0 Å². The van der Waals surface area contributed by atoms with Crippen molar-refractivity contribution >= 4 is 5.78 Å². The molecule has 5 heteroatoms. The van der Waals surface area contributed by atoms with E-state index in [9.17, 15) is 20.0 Å². The minimum Gasteiger partial charge on any atom is -0.385 e. The van der Waals surface area contributed by atoms with Crippen LogP contribution in [0.25, 0.3) is 0 Å². The number of carbonyl (C=O) groups excluding carboxylic acids is 1. The molecule has 0 bridgehead atoms. The highest BCUT2D eigenvalue weighted by Gasteiger charge is 2.40.